The van der Waals surface area contributed by atoms with E-state index in [0.29, 0.717) is 11.6 Å². The third-order valence-corrected chi connectivity index (χ3v) is 10.5. The van der Waals surface area contributed by atoms with Crippen molar-refractivity contribution in [1.29, 1.82) is 0 Å². The van der Waals surface area contributed by atoms with Gasteiger partial charge in [0.25, 0.3) is 0 Å². The van der Waals surface area contributed by atoms with Crippen LogP contribution in [0.2, 0.25) is 0 Å². The molecule has 0 N–H and O–H groups in total. The Hall–Kier alpha value is -6.45. The van der Waals surface area contributed by atoms with Crippen LogP contribution < -0.4 is 0 Å². The number of aromatic nitrogens is 3. The zero-order valence-electron chi connectivity index (χ0n) is 27.2. The second kappa shape index (κ2) is 11.3. The lowest BCUT2D eigenvalue weighted by Crippen LogP contribution is -2.44. The maximum atomic E-state index is 5.58. The molecule has 1 heterocycles. The molecule has 0 fully saturated rings. The molecule has 0 amide bonds. The summed E-state index contributed by atoms with van der Waals surface area (Å²) in [4.78, 5) is 16.5. The van der Waals surface area contributed by atoms with Gasteiger partial charge in [0.2, 0.25) is 0 Å². The van der Waals surface area contributed by atoms with E-state index in [-0.39, 0.29) is 5.92 Å². The van der Waals surface area contributed by atoms with Gasteiger partial charge in [0.1, 0.15) is 5.41 Å². The molecule has 50 heavy (non-hydrogen) atoms. The Morgan fingerprint density at radius 3 is 1.08 bits per heavy atom. The van der Waals surface area contributed by atoms with Crippen molar-refractivity contribution in [2.24, 2.45) is 0 Å². The highest BCUT2D eigenvalue weighted by atomic mass is 15.1. The second-order valence-electron chi connectivity index (χ2n) is 13.1. The molecular formula is C47H31N3. The molecule has 7 aromatic carbocycles. The van der Waals surface area contributed by atoms with Crippen molar-refractivity contribution in [3.05, 3.63) is 221 Å². The highest BCUT2D eigenvalue weighted by Crippen LogP contribution is 2.61. The molecule has 3 heteroatoms. The predicted molar refractivity (Wildman–Crippen MR) is 201 cm³/mol. The molecule has 3 aliphatic carbocycles. The van der Waals surface area contributed by atoms with Crippen LogP contribution in [-0.2, 0) is 5.41 Å². The van der Waals surface area contributed by atoms with Crippen molar-refractivity contribution in [1.82, 2.24) is 15.0 Å². The number of hydrogen-bond donors (Lipinski definition) is 0. The Labute approximate surface area is 291 Å². The number of benzene rings is 7. The first kappa shape index (κ1) is 28.6. The maximum absolute atomic E-state index is 5.58. The summed E-state index contributed by atoms with van der Waals surface area (Å²) in [5, 5.41) is 0. The largest absolute Gasteiger partial charge is 0.211 e. The summed E-state index contributed by atoms with van der Waals surface area (Å²) in [6.07, 6.45) is 0. The smallest absolute Gasteiger partial charge is 0.164 e. The van der Waals surface area contributed by atoms with Gasteiger partial charge in [-0.15, -0.1) is 0 Å². The van der Waals surface area contributed by atoms with Crippen molar-refractivity contribution < 1.29 is 0 Å². The van der Waals surface area contributed by atoms with E-state index in [1.165, 1.54) is 33.4 Å². The van der Waals surface area contributed by atoms with Gasteiger partial charge in [-0.3, -0.25) is 0 Å². The van der Waals surface area contributed by atoms with Gasteiger partial charge in [0.15, 0.2) is 17.5 Å². The van der Waals surface area contributed by atoms with Crippen LogP contribution in [0.1, 0.15) is 45.1 Å². The van der Waals surface area contributed by atoms with E-state index in [1.54, 1.807) is 0 Å². The molecule has 0 unspecified atom stereocenters. The Bertz CT molecular complexity index is 2340. The Morgan fingerprint density at radius 2 is 0.660 bits per heavy atom. The normalized spacial score (nSPS) is 16.7. The van der Waals surface area contributed by atoms with E-state index in [0.717, 1.165) is 39.2 Å². The van der Waals surface area contributed by atoms with Gasteiger partial charge in [-0.2, -0.15) is 0 Å². The molecule has 3 aliphatic rings. The molecule has 0 saturated heterocycles. The topological polar surface area (TPSA) is 38.7 Å². The molecule has 0 radical (unpaired) electrons. The van der Waals surface area contributed by atoms with Crippen molar-refractivity contribution in [3.63, 3.8) is 0 Å². The average molecular weight is 638 g/mol. The molecule has 234 valence electrons. The van der Waals surface area contributed by atoms with Crippen molar-refractivity contribution in [3.8, 4) is 45.0 Å². The minimum absolute atomic E-state index is 0.152. The summed E-state index contributed by atoms with van der Waals surface area (Å²) in [5.74, 6) is 2.19. The van der Waals surface area contributed by atoms with Gasteiger partial charge in [-0.05, 0) is 55.6 Å². The van der Waals surface area contributed by atoms with Crippen LogP contribution in [0.5, 0.6) is 0 Å². The van der Waals surface area contributed by atoms with Crippen molar-refractivity contribution >= 4 is 0 Å². The van der Waals surface area contributed by atoms with Crippen molar-refractivity contribution in [2.45, 2.75) is 11.3 Å². The molecule has 8 aromatic rings. The summed E-state index contributed by atoms with van der Waals surface area (Å²) >= 11 is 0. The Kier molecular flexibility index (Phi) is 6.47. The third-order valence-electron chi connectivity index (χ3n) is 10.5. The third kappa shape index (κ3) is 4.13. The first-order chi connectivity index (χ1) is 24.8. The van der Waals surface area contributed by atoms with Crippen LogP contribution >= 0.6 is 0 Å². The number of hydrogen-bond acceptors (Lipinski definition) is 3. The zero-order valence-corrected chi connectivity index (χ0v) is 27.2. The van der Waals surface area contributed by atoms with Crippen LogP contribution in [0.25, 0.3) is 45.0 Å². The van der Waals surface area contributed by atoms with Crippen LogP contribution in [0.3, 0.4) is 0 Å². The molecule has 3 nitrogen and oxygen atoms in total. The predicted octanol–water partition coefficient (Wildman–Crippen LogP) is 10.7. The number of nitrogens with zero attached hydrogens (tertiary/aromatic N) is 3. The van der Waals surface area contributed by atoms with Gasteiger partial charge in [0.05, 0.1) is 0 Å². The molecule has 2 bridgehead atoms. The van der Waals surface area contributed by atoms with Crippen molar-refractivity contribution in [2.75, 3.05) is 0 Å². The monoisotopic (exact) mass is 637 g/mol. The highest BCUT2D eigenvalue weighted by Gasteiger charge is 2.54. The molecular weight excluding hydrogens is 607 g/mol. The average Bonchev–Trinajstić information content (AvgIpc) is 3.21. The Morgan fingerprint density at radius 1 is 0.320 bits per heavy atom. The fourth-order valence-corrected chi connectivity index (χ4v) is 8.45. The van der Waals surface area contributed by atoms with Crippen LogP contribution in [0.4, 0.5) is 0 Å². The molecule has 0 aliphatic heterocycles. The van der Waals surface area contributed by atoms with Gasteiger partial charge >= 0.3 is 0 Å². The minimum atomic E-state index is -0.742. The lowest BCUT2D eigenvalue weighted by molar-refractivity contribution is 0.591. The van der Waals surface area contributed by atoms with E-state index in [1.807, 2.05) is 0 Å². The van der Waals surface area contributed by atoms with E-state index in [9.17, 15) is 0 Å². The fraction of sp³-hybridized carbons (Fsp3) is 0.0426. The Balaban J connectivity index is 1.34. The standard InChI is InChI=1S/C47H31N3/c1-3-17-31(18-4-1)33-21-7-9-23-35(33)44-48-45(36-24-10-8-22-34(36)32-19-5-2-6-20-32)50-46(49-44)47-40-28-14-11-25-37(40)43(38-26-12-15-29-41(38)47)39-27-13-16-30-42(39)47/h1-30,43H. The first-order valence-corrected chi connectivity index (χ1v) is 17.2. The van der Waals surface area contributed by atoms with Crippen LogP contribution in [-0.4, -0.2) is 15.0 Å². The summed E-state index contributed by atoms with van der Waals surface area (Å²) < 4.78 is 0. The second-order valence-corrected chi connectivity index (χ2v) is 13.1. The fourth-order valence-electron chi connectivity index (χ4n) is 8.45. The van der Waals surface area contributed by atoms with Gasteiger partial charge in [-0.25, -0.2) is 15.0 Å². The SMILES string of the molecule is c1ccc(-c2ccccc2-c2nc(-c3ccccc3-c3ccccc3)nc(C34c5ccccc5C(c5ccccc53)c3ccccc34)n2)cc1. The van der Waals surface area contributed by atoms with Crippen LogP contribution in [0.15, 0.2) is 182 Å². The quantitative estimate of drug-likeness (QED) is 0.188. The summed E-state index contributed by atoms with van der Waals surface area (Å²) in [7, 11) is 0. The summed E-state index contributed by atoms with van der Waals surface area (Å²) in [5.41, 5.74) is 13.2. The summed E-state index contributed by atoms with van der Waals surface area (Å²) in [6, 6.07) is 64.6. The van der Waals surface area contributed by atoms with Crippen LogP contribution in [0, 0.1) is 0 Å². The molecule has 1 aromatic heterocycles. The van der Waals surface area contributed by atoms with Gasteiger partial charge in [0, 0.05) is 17.0 Å². The first-order valence-electron chi connectivity index (χ1n) is 17.2. The highest BCUT2D eigenvalue weighted by molar-refractivity contribution is 5.84. The molecule has 0 spiro atoms. The molecule has 0 atom stereocenters. The maximum Gasteiger partial charge on any atom is 0.164 e. The lowest BCUT2D eigenvalue weighted by Gasteiger charge is -2.49. The van der Waals surface area contributed by atoms with Gasteiger partial charge in [-0.1, -0.05) is 182 Å². The van der Waals surface area contributed by atoms with E-state index in [4.69, 9.17) is 15.0 Å². The number of rotatable bonds is 5. The summed E-state index contributed by atoms with van der Waals surface area (Å²) in [6.45, 7) is 0. The molecule has 0 saturated carbocycles. The lowest BCUT2D eigenvalue weighted by atomic mass is 9.52. The van der Waals surface area contributed by atoms with E-state index in [2.05, 4.69) is 182 Å². The van der Waals surface area contributed by atoms with Gasteiger partial charge < -0.3 is 0 Å². The molecule has 11 rings (SSSR count). The minimum Gasteiger partial charge on any atom is -0.211 e. The van der Waals surface area contributed by atoms with E-state index >= 15 is 0 Å². The van der Waals surface area contributed by atoms with E-state index < -0.39 is 5.41 Å². The zero-order chi connectivity index (χ0) is 33.1.